The summed E-state index contributed by atoms with van der Waals surface area (Å²) < 4.78 is 1.94. The second-order valence-electron chi connectivity index (χ2n) is 5.57. The highest BCUT2D eigenvalue weighted by atomic mass is 16.2. The molecule has 1 aliphatic rings. The van der Waals surface area contributed by atoms with Gasteiger partial charge in [-0.3, -0.25) is 9.48 Å². The summed E-state index contributed by atoms with van der Waals surface area (Å²) >= 11 is 0. The van der Waals surface area contributed by atoms with Crippen LogP contribution >= 0.6 is 0 Å². The number of nitrogens with two attached hydrogens (primary N) is 1. The van der Waals surface area contributed by atoms with Gasteiger partial charge in [0.25, 0.3) is 0 Å². The zero-order valence-electron chi connectivity index (χ0n) is 11.2. The summed E-state index contributed by atoms with van der Waals surface area (Å²) in [7, 11) is 0. The van der Waals surface area contributed by atoms with Gasteiger partial charge in [0.1, 0.15) is 0 Å². The van der Waals surface area contributed by atoms with Crippen molar-refractivity contribution in [1.82, 2.24) is 9.78 Å². The molecular formula is C14H18N4O. The van der Waals surface area contributed by atoms with Gasteiger partial charge in [0.05, 0.1) is 17.3 Å². The molecule has 1 amide bonds. The number of nitrogens with zero attached hydrogens (tertiary/aromatic N) is 2. The molecule has 0 unspecified atom stereocenters. The maximum atomic E-state index is 11.9. The Morgan fingerprint density at radius 2 is 2.21 bits per heavy atom. The summed E-state index contributed by atoms with van der Waals surface area (Å²) in [5.74, 6) is -0.0949. The van der Waals surface area contributed by atoms with Crippen LogP contribution in [0, 0.1) is 0 Å². The van der Waals surface area contributed by atoms with E-state index in [-0.39, 0.29) is 11.9 Å². The van der Waals surface area contributed by atoms with E-state index in [4.69, 9.17) is 5.73 Å². The number of nitrogens with one attached hydrogen (secondary N) is 1. The zero-order chi connectivity index (χ0) is 13.6. The average Bonchev–Trinajstić information content (AvgIpc) is 2.98. The van der Waals surface area contributed by atoms with E-state index >= 15 is 0 Å². The number of hydrogen-bond donors (Lipinski definition) is 2. The van der Waals surface area contributed by atoms with Gasteiger partial charge in [-0.15, -0.1) is 0 Å². The van der Waals surface area contributed by atoms with E-state index in [0.29, 0.717) is 0 Å². The number of aromatic nitrogens is 2. The summed E-state index contributed by atoms with van der Waals surface area (Å²) in [6.45, 7) is 4.16. The highest BCUT2D eigenvalue weighted by Gasteiger charge is 2.45. The van der Waals surface area contributed by atoms with Gasteiger partial charge in [-0.1, -0.05) is 0 Å². The van der Waals surface area contributed by atoms with Crippen molar-refractivity contribution in [3.8, 4) is 0 Å². The summed E-state index contributed by atoms with van der Waals surface area (Å²) in [5, 5.41) is 8.31. The molecule has 0 radical (unpaired) electrons. The van der Waals surface area contributed by atoms with Crippen molar-refractivity contribution in [2.24, 2.45) is 5.73 Å². The first kappa shape index (κ1) is 12.2. The van der Waals surface area contributed by atoms with Gasteiger partial charge in [0.15, 0.2) is 0 Å². The second-order valence-corrected chi connectivity index (χ2v) is 5.57. The molecular weight excluding hydrogens is 240 g/mol. The van der Waals surface area contributed by atoms with Crippen molar-refractivity contribution in [3.05, 3.63) is 24.4 Å². The highest BCUT2D eigenvalue weighted by Crippen LogP contribution is 2.33. The van der Waals surface area contributed by atoms with Gasteiger partial charge in [-0.05, 0) is 44.9 Å². The summed E-state index contributed by atoms with van der Waals surface area (Å²) in [6.07, 6.45) is 3.38. The van der Waals surface area contributed by atoms with E-state index in [1.54, 1.807) is 0 Å². The number of carbonyl (C=O) groups is 1. The van der Waals surface area contributed by atoms with Crippen molar-refractivity contribution in [2.45, 2.75) is 38.3 Å². The molecule has 0 aliphatic heterocycles. The normalized spacial score (nSPS) is 16.8. The van der Waals surface area contributed by atoms with E-state index < -0.39 is 5.54 Å². The fourth-order valence-electron chi connectivity index (χ4n) is 2.14. The molecule has 1 heterocycles. The average molecular weight is 258 g/mol. The molecule has 1 aromatic heterocycles. The molecule has 0 bridgehead atoms. The Morgan fingerprint density at radius 3 is 2.84 bits per heavy atom. The van der Waals surface area contributed by atoms with Crippen molar-refractivity contribution in [2.75, 3.05) is 5.32 Å². The van der Waals surface area contributed by atoms with Crippen LogP contribution in [0.15, 0.2) is 24.4 Å². The van der Waals surface area contributed by atoms with Crippen molar-refractivity contribution < 1.29 is 4.79 Å². The predicted molar refractivity (Wildman–Crippen MR) is 74.9 cm³/mol. The fraction of sp³-hybridized carbons (Fsp3) is 0.429. The predicted octanol–water partition coefficient (Wildman–Crippen LogP) is 2.05. The van der Waals surface area contributed by atoms with Crippen LogP contribution in [0.25, 0.3) is 10.9 Å². The van der Waals surface area contributed by atoms with E-state index in [1.807, 2.05) is 29.1 Å². The number of hydrogen-bond acceptors (Lipinski definition) is 3. The molecule has 1 saturated carbocycles. The molecule has 0 saturated heterocycles. The van der Waals surface area contributed by atoms with Crippen LogP contribution < -0.4 is 11.1 Å². The Balaban J connectivity index is 1.92. The lowest BCUT2D eigenvalue weighted by Gasteiger charge is -2.11. The third kappa shape index (κ3) is 2.10. The standard InChI is InChI=1S/C14H18N4O/c1-9(2)18-12-7-11(4-3-10(12)8-16-18)17-13(19)14(15)5-6-14/h3-4,7-9H,5-6,15H2,1-2H3,(H,17,19). The third-order valence-electron chi connectivity index (χ3n) is 3.59. The van der Waals surface area contributed by atoms with Crippen LogP contribution in [-0.4, -0.2) is 21.2 Å². The monoisotopic (exact) mass is 258 g/mol. The highest BCUT2D eigenvalue weighted by molar-refractivity contribution is 6.01. The number of rotatable bonds is 3. The lowest BCUT2D eigenvalue weighted by atomic mass is 10.2. The summed E-state index contributed by atoms with van der Waals surface area (Å²) in [4.78, 5) is 11.9. The third-order valence-corrected chi connectivity index (χ3v) is 3.59. The summed E-state index contributed by atoms with van der Waals surface area (Å²) in [5.41, 5.74) is 7.03. The largest absolute Gasteiger partial charge is 0.324 e. The SMILES string of the molecule is CC(C)n1ncc2ccc(NC(=O)C3(N)CC3)cc21. The molecule has 5 nitrogen and oxygen atoms in total. The van der Waals surface area contributed by atoms with Gasteiger partial charge in [0.2, 0.25) is 5.91 Å². The summed E-state index contributed by atoms with van der Waals surface area (Å²) in [6, 6.07) is 6.09. The maximum Gasteiger partial charge on any atom is 0.244 e. The molecule has 3 rings (SSSR count). The molecule has 3 N–H and O–H groups in total. The Bertz CT molecular complexity index is 640. The molecule has 1 aromatic carbocycles. The van der Waals surface area contributed by atoms with Gasteiger partial charge >= 0.3 is 0 Å². The zero-order valence-corrected chi connectivity index (χ0v) is 11.2. The van der Waals surface area contributed by atoms with Gasteiger partial charge in [-0.25, -0.2) is 0 Å². The minimum Gasteiger partial charge on any atom is -0.324 e. The number of amides is 1. The first-order valence-electron chi connectivity index (χ1n) is 6.57. The van der Waals surface area contributed by atoms with Crippen LogP contribution in [0.2, 0.25) is 0 Å². The van der Waals surface area contributed by atoms with Crippen LogP contribution in [0.3, 0.4) is 0 Å². The topological polar surface area (TPSA) is 72.9 Å². The molecule has 2 aromatic rings. The van der Waals surface area contributed by atoms with Crippen molar-refractivity contribution in [3.63, 3.8) is 0 Å². The number of benzene rings is 1. The smallest absolute Gasteiger partial charge is 0.244 e. The molecule has 1 fully saturated rings. The number of carbonyl (C=O) groups excluding carboxylic acids is 1. The molecule has 19 heavy (non-hydrogen) atoms. The lowest BCUT2D eigenvalue weighted by molar-refractivity contribution is -0.118. The maximum absolute atomic E-state index is 11.9. The minimum atomic E-state index is -0.646. The van der Waals surface area contributed by atoms with Gasteiger partial charge < -0.3 is 11.1 Å². The molecule has 0 atom stereocenters. The van der Waals surface area contributed by atoms with Crippen molar-refractivity contribution >= 4 is 22.5 Å². The fourth-order valence-corrected chi connectivity index (χ4v) is 2.14. The molecule has 100 valence electrons. The van der Waals surface area contributed by atoms with Crippen molar-refractivity contribution in [1.29, 1.82) is 0 Å². The first-order valence-corrected chi connectivity index (χ1v) is 6.57. The van der Waals surface area contributed by atoms with E-state index in [9.17, 15) is 4.79 Å². The van der Waals surface area contributed by atoms with Gasteiger partial charge in [-0.2, -0.15) is 5.10 Å². The quantitative estimate of drug-likeness (QED) is 0.885. The lowest BCUT2D eigenvalue weighted by Crippen LogP contribution is -2.37. The van der Waals surface area contributed by atoms with Crippen LogP contribution in [0.4, 0.5) is 5.69 Å². The van der Waals surface area contributed by atoms with Crippen LogP contribution in [0.5, 0.6) is 0 Å². The molecule has 1 aliphatic carbocycles. The van der Waals surface area contributed by atoms with Crippen LogP contribution in [0.1, 0.15) is 32.7 Å². The molecule has 0 spiro atoms. The van der Waals surface area contributed by atoms with E-state index in [0.717, 1.165) is 29.4 Å². The van der Waals surface area contributed by atoms with E-state index in [2.05, 4.69) is 24.3 Å². The number of fused-ring (bicyclic) bond motifs is 1. The minimum absolute atomic E-state index is 0.0949. The second kappa shape index (κ2) is 4.06. The Kier molecular flexibility index (Phi) is 2.60. The van der Waals surface area contributed by atoms with Crippen LogP contribution in [-0.2, 0) is 4.79 Å². The Labute approximate surface area is 111 Å². The molecule has 5 heteroatoms. The Hall–Kier alpha value is -1.88. The number of anilines is 1. The van der Waals surface area contributed by atoms with E-state index in [1.165, 1.54) is 0 Å². The Morgan fingerprint density at radius 1 is 1.47 bits per heavy atom. The first-order chi connectivity index (χ1) is 8.99. The van der Waals surface area contributed by atoms with Gasteiger partial charge in [0, 0.05) is 17.1 Å².